The Balaban J connectivity index is 3.26. The molecule has 0 unspecified atom stereocenters. The van der Waals surface area contributed by atoms with Crippen molar-refractivity contribution in [2.24, 2.45) is 5.73 Å². The average molecular weight is 279 g/mol. The van der Waals surface area contributed by atoms with Gasteiger partial charge in [0.05, 0.1) is 0 Å². The molecule has 0 aliphatic carbocycles. The molecule has 1 atom stereocenters. The molecule has 0 amide bonds. The van der Waals surface area contributed by atoms with Gasteiger partial charge in [0, 0.05) is 15.1 Å². The number of hydrogen-bond acceptors (Lipinski definition) is 2. The molecule has 0 fully saturated rings. The minimum absolute atomic E-state index is 0.340. The molecule has 0 saturated heterocycles. The zero-order valence-electron chi connectivity index (χ0n) is 7.42. The maximum Gasteiger partial charge on any atom is 0.328 e. The number of rotatable bonds is 2. The third kappa shape index (κ3) is 2.08. The zero-order chi connectivity index (χ0) is 10.9. The maximum absolute atomic E-state index is 10.9. The van der Waals surface area contributed by atoms with Crippen LogP contribution in [-0.4, -0.2) is 11.1 Å². The van der Waals surface area contributed by atoms with Crippen molar-refractivity contribution in [3.63, 3.8) is 0 Å². The molecule has 14 heavy (non-hydrogen) atoms. The van der Waals surface area contributed by atoms with Crippen molar-refractivity contribution in [2.45, 2.75) is 12.5 Å². The SMILES string of the molecule is C[C@](N)(C(=O)O)c1ccc(Br)cc1Cl. The minimum atomic E-state index is -1.46. The van der Waals surface area contributed by atoms with E-state index in [0.29, 0.717) is 10.6 Å². The summed E-state index contributed by atoms with van der Waals surface area (Å²) in [5.74, 6) is -1.11. The Kier molecular flexibility index (Phi) is 3.19. The van der Waals surface area contributed by atoms with Crippen molar-refractivity contribution in [2.75, 3.05) is 0 Å². The molecule has 0 radical (unpaired) electrons. The van der Waals surface area contributed by atoms with Gasteiger partial charge in [-0.2, -0.15) is 0 Å². The first-order chi connectivity index (χ1) is 6.35. The highest BCUT2D eigenvalue weighted by Crippen LogP contribution is 2.28. The van der Waals surface area contributed by atoms with Crippen LogP contribution in [0.1, 0.15) is 12.5 Å². The number of hydrogen-bond donors (Lipinski definition) is 2. The van der Waals surface area contributed by atoms with E-state index in [1.54, 1.807) is 18.2 Å². The highest BCUT2D eigenvalue weighted by atomic mass is 79.9. The normalized spacial score (nSPS) is 14.9. The van der Waals surface area contributed by atoms with E-state index in [4.69, 9.17) is 22.4 Å². The smallest absolute Gasteiger partial charge is 0.328 e. The van der Waals surface area contributed by atoms with Gasteiger partial charge in [0.2, 0.25) is 0 Å². The highest BCUT2D eigenvalue weighted by Gasteiger charge is 2.32. The fraction of sp³-hybridized carbons (Fsp3) is 0.222. The van der Waals surface area contributed by atoms with Crippen LogP contribution in [0.15, 0.2) is 22.7 Å². The van der Waals surface area contributed by atoms with E-state index in [1.165, 1.54) is 6.92 Å². The second-order valence-corrected chi connectivity index (χ2v) is 4.45. The first-order valence-corrected chi connectivity index (χ1v) is 5.00. The Morgan fingerprint density at radius 3 is 2.64 bits per heavy atom. The van der Waals surface area contributed by atoms with E-state index in [0.717, 1.165) is 4.47 Å². The monoisotopic (exact) mass is 277 g/mol. The van der Waals surface area contributed by atoms with Gasteiger partial charge in [0.25, 0.3) is 0 Å². The number of carboxylic acid groups (broad SMARTS) is 1. The molecule has 0 heterocycles. The van der Waals surface area contributed by atoms with Crippen LogP contribution < -0.4 is 5.73 Å². The highest BCUT2D eigenvalue weighted by molar-refractivity contribution is 9.10. The van der Waals surface area contributed by atoms with Crippen LogP contribution >= 0.6 is 27.5 Å². The number of aliphatic carboxylic acids is 1. The third-order valence-electron chi connectivity index (χ3n) is 1.93. The van der Waals surface area contributed by atoms with Crippen molar-refractivity contribution in [3.05, 3.63) is 33.3 Å². The van der Waals surface area contributed by atoms with Crippen molar-refractivity contribution in [1.29, 1.82) is 0 Å². The summed E-state index contributed by atoms with van der Waals surface area (Å²) in [4.78, 5) is 10.9. The van der Waals surface area contributed by atoms with Gasteiger partial charge in [-0.15, -0.1) is 0 Å². The van der Waals surface area contributed by atoms with E-state index in [2.05, 4.69) is 15.9 Å². The average Bonchev–Trinajstić information content (AvgIpc) is 2.02. The van der Waals surface area contributed by atoms with Crippen LogP contribution in [0.3, 0.4) is 0 Å². The summed E-state index contributed by atoms with van der Waals surface area (Å²) in [6.45, 7) is 1.41. The number of halogens is 2. The first-order valence-electron chi connectivity index (χ1n) is 3.83. The number of nitrogens with two attached hydrogens (primary N) is 1. The molecule has 3 nitrogen and oxygen atoms in total. The summed E-state index contributed by atoms with van der Waals surface area (Å²) in [6, 6.07) is 4.92. The van der Waals surface area contributed by atoms with Gasteiger partial charge in [0.1, 0.15) is 5.54 Å². The van der Waals surface area contributed by atoms with E-state index < -0.39 is 11.5 Å². The molecule has 1 rings (SSSR count). The van der Waals surface area contributed by atoms with Crippen molar-refractivity contribution in [3.8, 4) is 0 Å². The Bertz CT molecular complexity index is 379. The Morgan fingerprint density at radius 1 is 1.64 bits per heavy atom. The molecule has 0 saturated carbocycles. The quantitative estimate of drug-likeness (QED) is 0.873. The summed E-state index contributed by atoms with van der Waals surface area (Å²) in [5.41, 5.74) is 4.57. The second-order valence-electron chi connectivity index (χ2n) is 3.13. The van der Waals surface area contributed by atoms with E-state index in [9.17, 15) is 4.79 Å². The molecule has 0 bridgehead atoms. The summed E-state index contributed by atoms with van der Waals surface area (Å²) in [6.07, 6.45) is 0. The predicted octanol–water partition coefficient (Wildman–Crippen LogP) is 2.36. The van der Waals surface area contributed by atoms with Crippen LogP contribution in [0.5, 0.6) is 0 Å². The van der Waals surface area contributed by atoms with Crippen LogP contribution in [0.4, 0.5) is 0 Å². The molecular weight excluding hydrogens is 269 g/mol. The lowest BCUT2D eigenvalue weighted by Gasteiger charge is -2.20. The largest absolute Gasteiger partial charge is 0.480 e. The van der Waals surface area contributed by atoms with Crippen LogP contribution in [0.25, 0.3) is 0 Å². The van der Waals surface area contributed by atoms with Gasteiger partial charge in [-0.1, -0.05) is 33.6 Å². The van der Waals surface area contributed by atoms with Crippen molar-refractivity contribution >= 4 is 33.5 Å². The molecule has 0 aliphatic rings. The predicted molar refractivity (Wildman–Crippen MR) is 58.3 cm³/mol. The van der Waals surface area contributed by atoms with Gasteiger partial charge >= 0.3 is 5.97 Å². The van der Waals surface area contributed by atoms with Crippen LogP contribution in [-0.2, 0) is 10.3 Å². The lowest BCUT2D eigenvalue weighted by molar-refractivity contribution is -0.143. The first kappa shape index (κ1) is 11.5. The molecule has 1 aromatic carbocycles. The molecule has 0 aromatic heterocycles. The summed E-state index contributed by atoms with van der Waals surface area (Å²) in [5, 5.41) is 9.23. The summed E-state index contributed by atoms with van der Waals surface area (Å²) >= 11 is 9.11. The lowest BCUT2D eigenvalue weighted by Crippen LogP contribution is -2.41. The molecular formula is C9H9BrClNO2. The molecule has 76 valence electrons. The van der Waals surface area contributed by atoms with Gasteiger partial charge < -0.3 is 10.8 Å². The standard InChI is InChI=1S/C9H9BrClNO2/c1-9(12,8(13)14)6-3-2-5(10)4-7(6)11/h2-4H,12H2,1H3,(H,13,14)/t9-/m1/s1. The zero-order valence-corrected chi connectivity index (χ0v) is 9.76. The number of carbonyl (C=O) groups is 1. The van der Waals surface area contributed by atoms with Crippen molar-refractivity contribution in [1.82, 2.24) is 0 Å². The van der Waals surface area contributed by atoms with Gasteiger partial charge in [-0.25, -0.2) is 4.79 Å². The van der Waals surface area contributed by atoms with Crippen molar-refractivity contribution < 1.29 is 9.90 Å². The molecule has 0 aliphatic heterocycles. The maximum atomic E-state index is 10.9. The molecule has 1 aromatic rings. The number of carboxylic acids is 1. The fourth-order valence-corrected chi connectivity index (χ4v) is 1.90. The number of benzene rings is 1. The Hall–Kier alpha value is -0.580. The van der Waals surface area contributed by atoms with Gasteiger partial charge in [0.15, 0.2) is 0 Å². The molecule has 0 spiro atoms. The van der Waals surface area contributed by atoms with Gasteiger partial charge in [-0.05, 0) is 19.1 Å². The summed E-state index contributed by atoms with van der Waals surface area (Å²) in [7, 11) is 0. The van der Waals surface area contributed by atoms with E-state index in [-0.39, 0.29) is 0 Å². The second kappa shape index (κ2) is 3.88. The Labute approximate surface area is 95.0 Å². The van der Waals surface area contributed by atoms with Crippen LogP contribution in [0, 0.1) is 0 Å². The van der Waals surface area contributed by atoms with E-state index >= 15 is 0 Å². The fourth-order valence-electron chi connectivity index (χ4n) is 1.03. The third-order valence-corrected chi connectivity index (χ3v) is 2.74. The van der Waals surface area contributed by atoms with E-state index in [1.807, 2.05) is 0 Å². The van der Waals surface area contributed by atoms with Crippen LogP contribution in [0.2, 0.25) is 5.02 Å². The minimum Gasteiger partial charge on any atom is -0.480 e. The molecule has 5 heteroatoms. The summed E-state index contributed by atoms with van der Waals surface area (Å²) < 4.78 is 0.785. The Morgan fingerprint density at radius 2 is 2.21 bits per heavy atom. The van der Waals surface area contributed by atoms with Gasteiger partial charge in [-0.3, -0.25) is 0 Å². The lowest BCUT2D eigenvalue weighted by atomic mass is 9.93. The topological polar surface area (TPSA) is 63.3 Å². The molecule has 3 N–H and O–H groups in total.